The number of aliphatic hydroxyl groups is 1. The molecule has 3 aromatic rings. The van der Waals surface area contributed by atoms with Crippen LogP contribution in [0.1, 0.15) is 66.4 Å². The van der Waals surface area contributed by atoms with Crippen molar-refractivity contribution in [3.63, 3.8) is 0 Å². The van der Waals surface area contributed by atoms with Crippen LogP contribution < -0.4 is 5.32 Å². The Morgan fingerprint density at radius 1 is 0.978 bits per heavy atom. The Morgan fingerprint density at radius 3 is 2.43 bits per heavy atom. The van der Waals surface area contributed by atoms with Crippen LogP contribution in [-0.4, -0.2) is 101 Å². The normalized spacial score (nSPS) is 21.8. The summed E-state index contributed by atoms with van der Waals surface area (Å²) in [4.78, 5) is 47.2. The SMILES string of the molecule is O=C(OC(=O)N1CCNCC1)c1nc(Cc2ccccc2)n([C@@H]2CCCC[C@]2(O)COCCN2CCCC2=O)c1-c1ccccc1. The molecule has 6 rings (SSSR count). The van der Waals surface area contributed by atoms with Crippen LogP contribution >= 0.6 is 0 Å². The predicted molar refractivity (Wildman–Crippen MR) is 171 cm³/mol. The lowest BCUT2D eigenvalue weighted by atomic mass is 9.80. The summed E-state index contributed by atoms with van der Waals surface area (Å²) in [5.41, 5.74) is 1.04. The number of aromatic nitrogens is 2. The van der Waals surface area contributed by atoms with E-state index < -0.39 is 23.7 Å². The first-order valence-electron chi connectivity index (χ1n) is 16.4. The zero-order chi connectivity index (χ0) is 31.9. The van der Waals surface area contributed by atoms with Gasteiger partial charge in [0.1, 0.15) is 11.4 Å². The van der Waals surface area contributed by atoms with Crippen molar-refractivity contribution in [2.45, 2.75) is 56.6 Å². The largest absolute Gasteiger partial charge is 0.417 e. The number of imidazole rings is 1. The molecule has 1 saturated carbocycles. The highest BCUT2D eigenvalue weighted by Crippen LogP contribution is 2.42. The number of likely N-dealkylation sites (tertiary alicyclic amines) is 1. The van der Waals surface area contributed by atoms with Gasteiger partial charge in [-0.1, -0.05) is 73.5 Å². The third-order valence-corrected chi connectivity index (χ3v) is 9.28. The van der Waals surface area contributed by atoms with E-state index >= 15 is 0 Å². The van der Waals surface area contributed by atoms with Crippen molar-refractivity contribution in [1.82, 2.24) is 24.7 Å². The zero-order valence-corrected chi connectivity index (χ0v) is 26.2. The van der Waals surface area contributed by atoms with E-state index in [4.69, 9.17) is 14.5 Å². The topological polar surface area (TPSA) is 126 Å². The number of esters is 1. The van der Waals surface area contributed by atoms with E-state index in [2.05, 4.69) is 5.32 Å². The minimum atomic E-state index is -1.25. The van der Waals surface area contributed by atoms with Gasteiger partial charge in [-0.2, -0.15) is 0 Å². The van der Waals surface area contributed by atoms with E-state index in [1.165, 1.54) is 4.90 Å². The molecule has 11 nitrogen and oxygen atoms in total. The Morgan fingerprint density at radius 2 is 1.72 bits per heavy atom. The highest BCUT2D eigenvalue weighted by molar-refractivity contribution is 6.00. The molecule has 2 aliphatic heterocycles. The van der Waals surface area contributed by atoms with Gasteiger partial charge in [0.05, 0.1) is 24.9 Å². The molecule has 3 heterocycles. The lowest BCUT2D eigenvalue weighted by Gasteiger charge is -2.42. The number of ether oxygens (including phenoxy) is 2. The predicted octanol–water partition coefficient (Wildman–Crippen LogP) is 3.81. The minimum Gasteiger partial charge on any atom is -0.385 e. The summed E-state index contributed by atoms with van der Waals surface area (Å²) in [6.45, 7) is 3.81. The highest BCUT2D eigenvalue weighted by atomic mass is 16.6. The molecular formula is C35H43N5O6. The van der Waals surface area contributed by atoms with Crippen LogP contribution in [0.4, 0.5) is 4.79 Å². The fourth-order valence-corrected chi connectivity index (χ4v) is 6.88. The molecule has 3 aliphatic rings. The van der Waals surface area contributed by atoms with Gasteiger partial charge in [0.25, 0.3) is 0 Å². The van der Waals surface area contributed by atoms with E-state index in [1.807, 2.05) is 70.1 Å². The van der Waals surface area contributed by atoms with Gasteiger partial charge in [0, 0.05) is 57.7 Å². The van der Waals surface area contributed by atoms with Crippen molar-refractivity contribution in [1.29, 1.82) is 0 Å². The quantitative estimate of drug-likeness (QED) is 0.197. The van der Waals surface area contributed by atoms with Crippen LogP contribution in [0.15, 0.2) is 60.7 Å². The first-order valence-corrected chi connectivity index (χ1v) is 16.4. The molecule has 2 amide bonds. The van der Waals surface area contributed by atoms with Gasteiger partial charge in [-0.15, -0.1) is 0 Å². The van der Waals surface area contributed by atoms with Crippen LogP contribution in [0.25, 0.3) is 11.3 Å². The monoisotopic (exact) mass is 629 g/mol. The maximum absolute atomic E-state index is 13.8. The average Bonchev–Trinajstić information content (AvgIpc) is 3.67. The number of benzene rings is 2. The van der Waals surface area contributed by atoms with E-state index in [0.717, 1.165) is 36.9 Å². The number of hydrogen-bond donors (Lipinski definition) is 2. The number of nitrogens with zero attached hydrogens (tertiary/aromatic N) is 4. The Kier molecular flexibility index (Phi) is 10.1. The van der Waals surface area contributed by atoms with Crippen molar-refractivity contribution in [3.8, 4) is 11.3 Å². The molecule has 0 spiro atoms. The van der Waals surface area contributed by atoms with Crippen LogP contribution in [0.5, 0.6) is 0 Å². The second kappa shape index (κ2) is 14.6. The number of carbonyl (C=O) groups is 3. The van der Waals surface area contributed by atoms with E-state index in [9.17, 15) is 19.5 Å². The van der Waals surface area contributed by atoms with Crippen molar-refractivity contribution in [2.75, 3.05) is 52.5 Å². The summed E-state index contributed by atoms with van der Waals surface area (Å²) in [5.74, 6) is -0.0786. The van der Waals surface area contributed by atoms with Crippen LogP contribution in [0.2, 0.25) is 0 Å². The van der Waals surface area contributed by atoms with Gasteiger partial charge in [-0.3, -0.25) is 4.79 Å². The fourth-order valence-electron chi connectivity index (χ4n) is 6.88. The number of amides is 2. The van der Waals surface area contributed by atoms with Crippen molar-refractivity contribution in [3.05, 3.63) is 77.7 Å². The van der Waals surface area contributed by atoms with Gasteiger partial charge in [0.2, 0.25) is 5.91 Å². The molecule has 2 aromatic carbocycles. The molecule has 0 bridgehead atoms. The third-order valence-electron chi connectivity index (χ3n) is 9.28. The van der Waals surface area contributed by atoms with Gasteiger partial charge in [0.15, 0.2) is 5.69 Å². The van der Waals surface area contributed by atoms with Crippen molar-refractivity contribution in [2.24, 2.45) is 0 Å². The molecule has 11 heteroatoms. The first-order chi connectivity index (χ1) is 22.4. The number of piperazine rings is 1. The maximum Gasteiger partial charge on any atom is 0.417 e. The Balaban J connectivity index is 1.36. The Bertz CT molecular complexity index is 1510. The smallest absolute Gasteiger partial charge is 0.385 e. The molecule has 0 unspecified atom stereocenters. The Hall–Kier alpha value is -4.06. The van der Waals surface area contributed by atoms with E-state index in [1.54, 1.807) is 0 Å². The zero-order valence-electron chi connectivity index (χ0n) is 26.2. The fraction of sp³-hybridized carbons (Fsp3) is 0.486. The third kappa shape index (κ3) is 7.16. The molecule has 2 saturated heterocycles. The number of rotatable bonds is 10. The Labute approximate surface area is 269 Å². The highest BCUT2D eigenvalue weighted by Gasteiger charge is 2.44. The summed E-state index contributed by atoms with van der Waals surface area (Å²) in [5, 5.41) is 15.5. The number of nitrogens with one attached hydrogen (secondary N) is 1. The van der Waals surface area contributed by atoms with Crippen molar-refractivity contribution < 1.29 is 29.0 Å². The summed E-state index contributed by atoms with van der Waals surface area (Å²) >= 11 is 0. The first kappa shape index (κ1) is 31.9. The summed E-state index contributed by atoms with van der Waals surface area (Å²) in [7, 11) is 0. The minimum absolute atomic E-state index is 0.0435. The summed E-state index contributed by atoms with van der Waals surface area (Å²) in [6.07, 6.45) is 4.03. The molecule has 46 heavy (non-hydrogen) atoms. The summed E-state index contributed by atoms with van der Waals surface area (Å²) in [6, 6.07) is 18.9. The van der Waals surface area contributed by atoms with Gasteiger partial charge < -0.3 is 34.3 Å². The van der Waals surface area contributed by atoms with Crippen LogP contribution in [0, 0.1) is 0 Å². The van der Waals surface area contributed by atoms with E-state index in [-0.39, 0.29) is 18.2 Å². The number of hydrogen-bond acceptors (Lipinski definition) is 8. The van der Waals surface area contributed by atoms with Gasteiger partial charge in [-0.05, 0) is 24.8 Å². The van der Waals surface area contributed by atoms with Gasteiger partial charge >= 0.3 is 12.1 Å². The van der Waals surface area contributed by atoms with Crippen LogP contribution in [0.3, 0.4) is 0 Å². The number of carbonyl (C=O) groups excluding carboxylic acids is 3. The molecule has 3 fully saturated rings. The van der Waals surface area contributed by atoms with Gasteiger partial charge in [-0.25, -0.2) is 14.6 Å². The van der Waals surface area contributed by atoms with E-state index in [0.29, 0.717) is 76.5 Å². The second-order valence-electron chi connectivity index (χ2n) is 12.4. The average molecular weight is 630 g/mol. The summed E-state index contributed by atoms with van der Waals surface area (Å²) < 4.78 is 13.6. The lowest BCUT2D eigenvalue weighted by molar-refractivity contribution is -0.129. The van der Waals surface area contributed by atoms with Crippen molar-refractivity contribution >= 4 is 18.0 Å². The second-order valence-corrected chi connectivity index (χ2v) is 12.4. The molecule has 2 N–H and O–H groups in total. The molecule has 1 aromatic heterocycles. The maximum atomic E-state index is 13.8. The molecule has 0 radical (unpaired) electrons. The molecular weight excluding hydrogens is 586 g/mol. The molecule has 244 valence electrons. The lowest BCUT2D eigenvalue weighted by Crippen LogP contribution is -2.47. The standard InChI is InChI=1S/C35H43N5O6/c41-30-15-9-19-38(30)22-23-45-25-35(44)16-8-7-14-28(35)40-29(24-26-10-3-1-4-11-26)37-31(32(40)27-12-5-2-6-13-27)33(42)46-34(43)39-20-17-36-18-21-39/h1-6,10-13,28,36,44H,7-9,14-25H2/t28-,35+/m1/s1. The molecule has 2 atom stereocenters. The van der Waals surface area contributed by atoms with Crippen LogP contribution in [-0.2, 0) is 20.7 Å². The molecule has 1 aliphatic carbocycles.